The van der Waals surface area contributed by atoms with Gasteiger partial charge in [0.1, 0.15) is 0 Å². The molecule has 0 bridgehead atoms. The van der Waals surface area contributed by atoms with Gasteiger partial charge in [-0.05, 0) is 111 Å². The molecule has 3 saturated carbocycles. The van der Waals surface area contributed by atoms with Gasteiger partial charge in [-0.15, -0.1) is 0 Å². The first-order valence-corrected chi connectivity index (χ1v) is 12.1. The van der Waals surface area contributed by atoms with Crippen LogP contribution in [0.15, 0.2) is 11.6 Å². The summed E-state index contributed by atoms with van der Waals surface area (Å²) < 4.78 is 0. The highest BCUT2D eigenvalue weighted by molar-refractivity contribution is 5.20. The number of hydrogen-bond acceptors (Lipinski definition) is 1. The molecule has 4 aliphatic rings. The molecular weight excluding hydrogens is 328 g/mol. The molecule has 0 heterocycles. The van der Waals surface area contributed by atoms with Crippen molar-refractivity contribution >= 4 is 0 Å². The summed E-state index contributed by atoms with van der Waals surface area (Å²) in [5.41, 5.74) is 2.70. The third-order valence-corrected chi connectivity index (χ3v) is 9.53. The van der Waals surface area contributed by atoms with Crippen molar-refractivity contribution < 1.29 is 5.11 Å². The fourth-order valence-electron chi connectivity index (χ4n) is 8.09. The molecule has 0 aromatic rings. The molecule has 1 N–H and O–H groups in total. The zero-order chi connectivity index (χ0) is 19.4. The summed E-state index contributed by atoms with van der Waals surface area (Å²) in [6.07, 6.45) is 15.8. The minimum Gasteiger partial charge on any atom is -0.393 e. The van der Waals surface area contributed by atoms with Crippen LogP contribution in [0.25, 0.3) is 0 Å². The summed E-state index contributed by atoms with van der Waals surface area (Å²) in [5.74, 6) is 5.48. The summed E-state index contributed by atoms with van der Waals surface area (Å²) in [7, 11) is 0. The number of fused-ring (bicyclic) bond motifs is 5. The number of hydrogen-bond donors (Lipinski definition) is 1. The van der Waals surface area contributed by atoms with E-state index in [0.29, 0.717) is 10.8 Å². The minimum absolute atomic E-state index is 0.0579. The Morgan fingerprint density at radius 3 is 2.63 bits per heavy atom. The quantitative estimate of drug-likeness (QED) is 0.529. The molecule has 4 aliphatic carbocycles. The smallest absolute Gasteiger partial charge is 0.0577 e. The highest BCUT2D eigenvalue weighted by atomic mass is 16.3. The average Bonchev–Trinajstić information content (AvgIpc) is 2.96. The average molecular weight is 373 g/mol. The van der Waals surface area contributed by atoms with E-state index < -0.39 is 0 Å². The Kier molecular flexibility index (Phi) is 5.32. The van der Waals surface area contributed by atoms with Crippen molar-refractivity contribution in [1.82, 2.24) is 0 Å². The van der Waals surface area contributed by atoms with Gasteiger partial charge in [-0.1, -0.05) is 46.3 Å². The topological polar surface area (TPSA) is 20.2 Å². The number of rotatable bonds is 3. The van der Waals surface area contributed by atoms with Crippen molar-refractivity contribution in [2.24, 2.45) is 46.3 Å². The van der Waals surface area contributed by atoms with Crippen LogP contribution in [0.4, 0.5) is 0 Å². The molecule has 8 atom stereocenters. The van der Waals surface area contributed by atoms with Gasteiger partial charge in [-0.3, -0.25) is 0 Å². The predicted molar refractivity (Wildman–Crippen MR) is 114 cm³/mol. The second-order valence-electron chi connectivity index (χ2n) is 12.3. The zero-order valence-electron chi connectivity index (χ0n) is 18.6. The summed E-state index contributed by atoms with van der Waals surface area (Å²) in [4.78, 5) is 0. The van der Waals surface area contributed by atoms with Crippen LogP contribution < -0.4 is 0 Å². The predicted octanol–water partition coefficient (Wildman–Crippen LogP) is 7.00. The van der Waals surface area contributed by atoms with Gasteiger partial charge in [0, 0.05) is 0 Å². The van der Waals surface area contributed by atoms with E-state index in [0.717, 1.165) is 48.3 Å². The minimum atomic E-state index is -0.0579. The highest BCUT2D eigenvalue weighted by Crippen LogP contribution is 2.64. The van der Waals surface area contributed by atoms with Crippen LogP contribution in [-0.4, -0.2) is 11.2 Å². The molecule has 0 aliphatic heterocycles. The molecule has 3 fully saturated rings. The van der Waals surface area contributed by atoms with Gasteiger partial charge in [-0.25, -0.2) is 0 Å². The molecule has 0 spiro atoms. The van der Waals surface area contributed by atoms with Crippen molar-refractivity contribution in [3.63, 3.8) is 0 Å². The first-order chi connectivity index (χ1) is 12.7. The van der Waals surface area contributed by atoms with Crippen molar-refractivity contribution in [3.05, 3.63) is 11.6 Å². The second-order valence-corrected chi connectivity index (χ2v) is 12.3. The maximum Gasteiger partial charge on any atom is 0.0577 e. The van der Waals surface area contributed by atoms with Gasteiger partial charge >= 0.3 is 0 Å². The normalized spacial score (nSPS) is 45.5. The van der Waals surface area contributed by atoms with E-state index in [4.69, 9.17) is 0 Å². The van der Waals surface area contributed by atoms with E-state index in [1.165, 1.54) is 51.4 Å². The van der Waals surface area contributed by atoms with Crippen LogP contribution in [0.2, 0.25) is 0 Å². The van der Waals surface area contributed by atoms with Crippen LogP contribution in [-0.2, 0) is 0 Å². The zero-order valence-corrected chi connectivity index (χ0v) is 18.6. The SMILES string of the molecule is C[C@H](CCC(C)(C)C)[C@H]1CC[C@H]2[C@@H]3CC=C4C[C@@H](O)CC[C@@H]4[C@H]3CC[C@]12C. The van der Waals surface area contributed by atoms with E-state index >= 15 is 0 Å². The van der Waals surface area contributed by atoms with Crippen molar-refractivity contribution in [1.29, 1.82) is 0 Å². The summed E-state index contributed by atoms with van der Waals surface area (Å²) in [6.45, 7) is 12.5. The van der Waals surface area contributed by atoms with Gasteiger partial charge in [-0.2, -0.15) is 0 Å². The standard InChI is InChI=1S/C26H44O/c1-17(12-14-25(2,3)4)23-10-11-24-22-8-6-18-16-19(27)7-9-20(18)21(22)13-15-26(23,24)5/h6,17,19-24,27H,7-16H2,1-5H3/t17-,19+,20+,21-,22-,23-,24+,26-/m1/s1. The summed E-state index contributed by atoms with van der Waals surface area (Å²) >= 11 is 0. The summed E-state index contributed by atoms with van der Waals surface area (Å²) in [6, 6.07) is 0. The van der Waals surface area contributed by atoms with E-state index in [1.807, 2.05) is 0 Å². The maximum atomic E-state index is 10.1. The van der Waals surface area contributed by atoms with E-state index in [1.54, 1.807) is 5.57 Å². The highest BCUT2D eigenvalue weighted by Gasteiger charge is 2.56. The number of aliphatic hydroxyl groups is 1. The van der Waals surface area contributed by atoms with Crippen LogP contribution >= 0.6 is 0 Å². The molecule has 0 saturated heterocycles. The monoisotopic (exact) mass is 372 g/mol. The first kappa shape index (κ1) is 20.0. The fourth-order valence-corrected chi connectivity index (χ4v) is 8.09. The van der Waals surface area contributed by atoms with Gasteiger partial charge in [0.15, 0.2) is 0 Å². The maximum absolute atomic E-state index is 10.1. The Morgan fingerprint density at radius 2 is 1.89 bits per heavy atom. The molecule has 1 nitrogen and oxygen atoms in total. The Labute approximate surface area is 168 Å². The molecule has 0 aromatic heterocycles. The molecular formula is C26H44O. The Bertz CT molecular complexity index is 569. The summed E-state index contributed by atoms with van der Waals surface area (Å²) in [5, 5.41) is 10.1. The van der Waals surface area contributed by atoms with Crippen LogP contribution in [0, 0.1) is 46.3 Å². The van der Waals surface area contributed by atoms with E-state index in [9.17, 15) is 5.11 Å². The van der Waals surface area contributed by atoms with Gasteiger partial charge in [0.2, 0.25) is 0 Å². The molecule has 0 radical (unpaired) electrons. The molecule has 1 heteroatoms. The Balaban J connectivity index is 1.48. The fraction of sp³-hybridized carbons (Fsp3) is 0.923. The lowest BCUT2D eigenvalue weighted by Crippen LogP contribution is -2.47. The van der Waals surface area contributed by atoms with E-state index in [2.05, 4.69) is 40.7 Å². The van der Waals surface area contributed by atoms with Crippen LogP contribution in [0.3, 0.4) is 0 Å². The lowest BCUT2D eigenvalue weighted by molar-refractivity contribution is -0.0300. The Morgan fingerprint density at radius 1 is 1.11 bits per heavy atom. The number of allylic oxidation sites excluding steroid dienone is 1. The number of aliphatic hydroxyl groups excluding tert-OH is 1. The molecule has 0 aromatic carbocycles. The third-order valence-electron chi connectivity index (χ3n) is 9.53. The second kappa shape index (κ2) is 7.19. The molecule has 0 unspecified atom stereocenters. The lowest BCUT2D eigenvalue weighted by atomic mass is 9.51. The van der Waals surface area contributed by atoms with Gasteiger partial charge in [0.25, 0.3) is 0 Å². The third kappa shape index (κ3) is 3.67. The van der Waals surface area contributed by atoms with Crippen LogP contribution in [0.1, 0.15) is 98.8 Å². The van der Waals surface area contributed by atoms with Gasteiger partial charge < -0.3 is 5.11 Å². The van der Waals surface area contributed by atoms with Crippen molar-refractivity contribution in [2.75, 3.05) is 0 Å². The van der Waals surface area contributed by atoms with E-state index in [-0.39, 0.29) is 6.10 Å². The van der Waals surface area contributed by atoms with Crippen molar-refractivity contribution in [2.45, 2.75) is 105 Å². The van der Waals surface area contributed by atoms with Crippen LogP contribution in [0.5, 0.6) is 0 Å². The molecule has 0 amide bonds. The van der Waals surface area contributed by atoms with Gasteiger partial charge in [0.05, 0.1) is 6.10 Å². The first-order valence-electron chi connectivity index (χ1n) is 12.1. The molecule has 154 valence electrons. The lowest BCUT2D eigenvalue weighted by Gasteiger charge is -2.54. The molecule has 27 heavy (non-hydrogen) atoms. The Hall–Kier alpha value is -0.300. The van der Waals surface area contributed by atoms with Crippen molar-refractivity contribution in [3.8, 4) is 0 Å². The largest absolute Gasteiger partial charge is 0.393 e. The molecule has 4 rings (SSSR count).